The number of aromatic nitrogens is 5. The summed E-state index contributed by atoms with van der Waals surface area (Å²) in [6.45, 7) is 5.11. The Balaban J connectivity index is 1.14. The van der Waals surface area contributed by atoms with Gasteiger partial charge in [-0.15, -0.1) is 11.3 Å². The van der Waals surface area contributed by atoms with Crippen LogP contribution in [-0.2, 0) is 11.2 Å². The van der Waals surface area contributed by atoms with Crippen LogP contribution in [0.5, 0.6) is 5.75 Å². The lowest BCUT2D eigenvalue weighted by molar-refractivity contribution is -0.131. The maximum absolute atomic E-state index is 12.7. The number of rotatable bonds is 7. The van der Waals surface area contributed by atoms with Gasteiger partial charge >= 0.3 is 5.69 Å². The number of benzene rings is 1. The summed E-state index contributed by atoms with van der Waals surface area (Å²) in [6, 6.07) is 7.69. The summed E-state index contributed by atoms with van der Waals surface area (Å²) in [5.74, 6) is 1.60. The molecule has 1 saturated heterocycles. The standard InChI is InChI=1S/C22H25N7O3S/c1-2-14-13-15-20(23-22(31)24-21(15)33-14)29-10-8-28(9-11-29)18(30)7-4-12-32-17-6-3-5-16-19(17)26-27-25-16/h3,5-6,13H,2,4,7-12H2,1H3,(H,23,24,31)(H,25,26,27). The maximum atomic E-state index is 12.7. The highest BCUT2D eigenvalue weighted by molar-refractivity contribution is 7.18. The second-order valence-corrected chi connectivity index (χ2v) is 9.06. The lowest BCUT2D eigenvalue weighted by Crippen LogP contribution is -2.49. The fourth-order valence-electron chi connectivity index (χ4n) is 4.10. The summed E-state index contributed by atoms with van der Waals surface area (Å²) in [5.41, 5.74) is 1.12. The third kappa shape index (κ3) is 4.40. The van der Waals surface area contributed by atoms with Crippen LogP contribution < -0.4 is 15.3 Å². The molecule has 1 fully saturated rings. The van der Waals surface area contributed by atoms with Gasteiger partial charge in [-0.05, 0) is 31.0 Å². The number of para-hydroxylation sites is 1. The van der Waals surface area contributed by atoms with E-state index in [2.05, 4.69) is 43.3 Å². The molecule has 0 saturated carbocycles. The number of carbonyl (C=O) groups is 1. The van der Waals surface area contributed by atoms with Crippen molar-refractivity contribution in [3.05, 3.63) is 39.6 Å². The number of carbonyl (C=O) groups excluding carboxylic acids is 1. The molecule has 2 N–H and O–H groups in total. The molecule has 0 radical (unpaired) electrons. The second-order valence-electron chi connectivity index (χ2n) is 7.94. The Hall–Kier alpha value is -3.47. The van der Waals surface area contributed by atoms with Crippen molar-refractivity contribution >= 4 is 44.3 Å². The maximum Gasteiger partial charge on any atom is 0.347 e. The summed E-state index contributed by atoms with van der Waals surface area (Å²) < 4.78 is 5.81. The van der Waals surface area contributed by atoms with E-state index in [1.165, 1.54) is 4.88 Å². The van der Waals surface area contributed by atoms with Crippen LogP contribution in [0.2, 0.25) is 0 Å². The molecule has 0 spiro atoms. The van der Waals surface area contributed by atoms with Crippen LogP contribution >= 0.6 is 11.3 Å². The summed E-state index contributed by atoms with van der Waals surface area (Å²) in [7, 11) is 0. The summed E-state index contributed by atoms with van der Waals surface area (Å²) in [5, 5.41) is 11.7. The van der Waals surface area contributed by atoms with Crippen LogP contribution in [-0.4, -0.2) is 69.0 Å². The number of fused-ring (bicyclic) bond motifs is 2. The highest BCUT2D eigenvalue weighted by Crippen LogP contribution is 2.30. The van der Waals surface area contributed by atoms with E-state index in [9.17, 15) is 9.59 Å². The van der Waals surface area contributed by atoms with Crippen LogP contribution in [0.3, 0.4) is 0 Å². The second kappa shape index (κ2) is 9.18. The van der Waals surface area contributed by atoms with E-state index in [1.54, 1.807) is 11.3 Å². The fourth-order valence-corrected chi connectivity index (χ4v) is 5.06. The normalized spacial score (nSPS) is 14.3. The molecule has 0 bridgehead atoms. The van der Waals surface area contributed by atoms with E-state index in [1.807, 2.05) is 23.1 Å². The lowest BCUT2D eigenvalue weighted by atomic mass is 10.2. The van der Waals surface area contributed by atoms with Crippen molar-refractivity contribution in [3.8, 4) is 5.75 Å². The number of anilines is 1. The Bertz CT molecular complexity index is 1340. The Kier molecular flexibility index (Phi) is 5.95. The van der Waals surface area contributed by atoms with Gasteiger partial charge in [-0.1, -0.05) is 13.0 Å². The monoisotopic (exact) mass is 467 g/mol. The number of H-pyrrole nitrogens is 2. The molecule has 4 aromatic rings. The zero-order chi connectivity index (χ0) is 22.8. The predicted octanol–water partition coefficient (Wildman–Crippen LogP) is 2.33. The zero-order valence-electron chi connectivity index (χ0n) is 18.3. The van der Waals surface area contributed by atoms with E-state index in [0.717, 1.165) is 28.0 Å². The quantitative estimate of drug-likeness (QED) is 0.400. The Morgan fingerprint density at radius 1 is 1.21 bits per heavy atom. The van der Waals surface area contributed by atoms with E-state index in [-0.39, 0.29) is 11.6 Å². The van der Waals surface area contributed by atoms with Crippen LogP contribution in [0, 0.1) is 0 Å². The molecule has 1 aromatic carbocycles. The van der Waals surface area contributed by atoms with Crippen molar-refractivity contribution in [2.45, 2.75) is 26.2 Å². The average Bonchev–Trinajstić information content (AvgIpc) is 3.48. The van der Waals surface area contributed by atoms with Gasteiger partial charge in [0.2, 0.25) is 5.91 Å². The van der Waals surface area contributed by atoms with Crippen molar-refractivity contribution in [1.82, 2.24) is 30.3 Å². The number of aryl methyl sites for hydroxylation is 1. The zero-order valence-corrected chi connectivity index (χ0v) is 19.2. The van der Waals surface area contributed by atoms with Crippen molar-refractivity contribution < 1.29 is 9.53 Å². The van der Waals surface area contributed by atoms with Crippen molar-refractivity contribution in [1.29, 1.82) is 0 Å². The van der Waals surface area contributed by atoms with Crippen LogP contribution in [0.1, 0.15) is 24.6 Å². The molecule has 172 valence electrons. The number of aromatic amines is 2. The Morgan fingerprint density at radius 3 is 2.88 bits per heavy atom. The first kappa shape index (κ1) is 21.4. The van der Waals surface area contributed by atoms with E-state index in [4.69, 9.17) is 4.74 Å². The van der Waals surface area contributed by atoms with E-state index < -0.39 is 0 Å². The smallest absolute Gasteiger partial charge is 0.347 e. The van der Waals surface area contributed by atoms with E-state index >= 15 is 0 Å². The fraction of sp³-hybridized carbons (Fsp3) is 0.409. The first-order valence-corrected chi connectivity index (χ1v) is 11.9. The van der Waals surface area contributed by atoms with Gasteiger partial charge in [0.25, 0.3) is 0 Å². The molecule has 4 heterocycles. The van der Waals surface area contributed by atoms with Gasteiger partial charge in [-0.25, -0.2) is 4.79 Å². The summed E-state index contributed by atoms with van der Waals surface area (Å²) >= 11 is 1.56. The lowest BCUT2D eigenvalue weighted by Gasteiger charge is -2.36. The molecular formula is C22H25N7O3S. The molecule has 5 rings (SSSR count). The molecule has 0 aliphatic carbocycles. The van der Waals surface area contributed by atoms with Crippen LogP contribution in [0.15, 0.2) is 29.1 Å². The number of ether oxygens (including phenoxy) is 1. The molecule has 1 aliphatic rings. The molecule has 1 aliphatic heterocycles. The topological polar surface area (TPSA) is 120 Å². The van der Waals surface area contributed by atoms with Crippen LogP contribution in [0.25, 0.3) is 21.3 Å². The molecule has 33 heavy (non-hydrogen) atoms. The number of nitrogens with zero attached hydrogens (tertiary/aromatic N) is 5. The average molecular weight is 468 g/mol. The first-order valence-electron chi connectivity index (χ1n) is 11.1. The first-order chi connectivity index (χ1) is 16.1. The van der Waals surface area contributed by atoms with Gasteiger partial charge < -0.3 is 14.5 Å². The van der Waals surface area contributed by atoms with E-state index in [0.29, 0.717) is 56.9 Å². The molecule has 1 amide bonds. The predicted molar refractivity (Wildman–Crippen MR) is 127 cm³/mol. The number of nitrogens with one attached hydrogen (secondary N) is 2. The van der Waals surface area contributed by atoms with Gasteiger partial charge in [0.1, 0.15) is 21.9 Å². The largest absolute Gasteiger partial charge is 0.491 e. The van der Waals surface area contributed by atoms with Gasteiger partial charge in [0, 0.05) is 37.5 Å². The molecule has 3 aromatic heterocycles. The number of amides is 1. The number of hydrogen-bond donors (Lipinski definition) is 2. The van der Waals surface area contributed by atoms with Crippen molar-refractivity contribution in [2.24, 2.45) is 0 Å². The van der Waals surface area contributed by atoms with Gasteiger partial charge in [0.05, 0.1) is 12.0 Å². The Labute approximate surface area is 193 Å². The third-order valence-corrected chi connectivity index (χ3v) is 7.02. The summed E-state index contributed by atoms with van der Waals surface area (Å²) in [6.07, 6.45) is 1.96. The number of hydrogen-bond acceptors (Lipinski definition) is 8. The number of thiophene rings is 1. The summed E-state index contributed by atoms with van der Waals surface area (Å²) in [4.78, 5) is 37.8. The molecule has 10 nitrogen and oxygen atoms in total. The minimum atomic E-state index is -0.332. The van der Waals surface area contributed by atoms with Gasteiger partial charge in [-0.3, -0.25) is 9.78 Å². The Morgan fingerprint density at radius 2 is 2.06 bits per heavy atom. The van der Waals surface area contributed by atoms with Crippen molar-refractivity contribution in [2.75, 3.05) is 37.7 Å². The highest BCUT2D eigenvalue weighted by Gasteiger charge is 2.23. The van der Waals surface area contributed by atoms with Crippen LogP contribution in [0.4, 0.5) is 5.82 Å². The SMILES string of the molecule is CCc1cc2c(N3CCN(C(=O)CCCOc4cccc5n[nH]nc45)CC3)[nH]c(=O)nc2s1. The molecule has 0 unspecified atom stereocenters. The third-order valence-electron chi connectivity index (χ3n) is 5.85. The molecule has 11 heteroatoms. The van der Waals surface area contributed by atoms with Crippen molar-refractivity contribution in [3.63, 3.8) is 0 Å². The number of piperazine rings is 1. The molecule has 0 atom stereocenters. The minimum Gasteiger partial charge on any atom is -0.491 e. The van der Waals surface area contributed by atoms with Gasteiger partial charge in [-0.2, -0.15) is 20.4 Å². The van der Waals surface area contributed by atoms with Gasteiger partial charge in [0.15, 0.2) is 5.52 Å². The highest BCUT2D eigenvalue weighted by atomic mass is 32.1. The molecular weight excluding hydrogens is 442 g/mol. The minimum absolute atomic E-state index is 0.120.